The summed E-state index contributed by atoms with van der Waals surface area (Å²) in [4.78, 5) is 4.13. The van der Waals surface area contributed by atoms with Crippen LogP contribution in [0.15, 0.2) is 29.5 Å². The first-order valence-corrected chi connectivity index (χ1v) is 9.32. The highest BCUT2D eigenvalue weighted by atomic mass is 79.9. The van der Waals surface area contributed by atoms with Crippen LogP contribution in [0.2, 0.25) is 18.1 Å². The number of pyridine rings is 1. The average molecular weight is 314 g/mol. The number of rotatable bonds is 3. The van der Waals surface area contributed by atoms with Crippen LogP contribution in [0.1, 0.15) is 26.3 Å². The fraction of sp³-hybridized carbons (Fsp3) is 0.462. The highest BCUT2D eigenvalue weighted by molar-refractivity contribution is 9.10. The van der Waals surface area contributed by atoms with Crippen molar-refractivity contribution in [3.8, 4) is 0 Å². The first-order valence-electron chi connectivity index (χ1n) is 5.62. The Morgan fingerprint density at radius 2 is 1.94 bits per heavy atom. The molecule has 0 fully saturated rings. The Morgan fingerprint density at radius 1 is 1.35 bits per heavy atom. The van der Waals surface area contributed by atoms with Crippen molar-refractivity contribution in [1.82, 2.24) is 4.98 Å². The Labute approximate surface area is 113 Å². The Hall–Kier alpha value is -0.613. The molecule has 0 atom stereocenters. The van der Waals surface area contributed by atoms with Crippen molar-refractivity contribution >= 4 is 30.0 Å². The second kappa shape index (κ2) is 4.94. The van der Waals surface area contributed by atoms with Gasteiger partial charge in [-0.1, -0.05) is 27.4 Å². The summed E-state index contributed by atoms with van der Waals surface area (Å²) in [6.07, 6.45) is 3.53. The number of hydrogen-bond donors (Lipinski definition) is 0. The predicted molar refractivity (Wildman–Crippen MR) is 79.3 cm³/mol. The summed E-state index contributed by atoms with van der Waals surface area (Å²) in [6.45, 7) is 15.1. The first kappa shape index (κ1) is 14.4. The fourth-order valence-electron chi connectivity index (χ4n) is 1.08. The van der Waals surface area contributed by atoms with Crippen LogP contribution in [0.5, 0.6) is 0 Å². The molecular formula is C13H20BrNOSi. The number of aromatic nitrogens is 1. The molecule has 0 aliphatic carbocycles. The van der Waals surface area contributed by atoms with Gasteiger partial charge in [0.1, 0.15) is 5.76 Å². The van der Waals surface area contributed by atoms with Gasteiger partial charge in [-0.05, 0) is 40.1 Å². The molecule has 0 aromatic carbocycles. The predicted octanol–water partition coefficient (Wildman–Crippen LogP) is 4.84. The van der Waals surface area contributed by atoms with Crippen molar-refractivity contribution in [2.75, 3.05) is 0 Å². The van der Waals surface area contributed by atoms with E-state index in [4.69, 9.17) is 4.43 Å². The lowest BCUT2D eigenvalue weighted by Gasteiger charge is -2.37. The lowest BCUT2D eigenvalue weighted by Crippen LogP contribution is -2.40. The highest BCUT2D eigenvalue weighted by Gasteiger charge is 2.39. The maximum Gasteiger partial charge on any atom is 0.250 e. The Bertz CT molecular complexity index is 424. The third-order valence-electron chi connectivity index (χ3n) is 3.21. The minimum Gasteiger partial charge on any atom is -0.543 e. The summed E-state index contributed by atoms with van der Waals surface area (Å²) in [6, 6.07) is 1.97. The molecule has 0 amide bonds. The summed E-state index contributed by atoms with van der Waals surface area (Å²) in [5.74, 6) is 0.713. The van der Waals surface area contributed by atoms with Crippen molar-refractivity contribution < 1.29 is 4.43 Å². The third-order valence-corrected chi connectivity index (χ3v) is 8.01. The molecule has 1 heterocycles. The molecule has 0 radical (unpaired) electrons. The number of halogens is 1. The van der Waals surface area contributed by atoms with E-state index in [2.05, 4.69) is 61.4 Å². The largest absolute Gasteiger partial charge is 0.543 e. The quantitative estimate of drug-likeness (QED) is 0.588. The van der Waals surface area contributed by atoms with Crippen LogP contribution in [0.25, 0.3) is 5.76 Å². The highest BCUT2D eigenvalue weighted by Crippen LogP contribution is 2.39. The van der Waals surface area contributed by atoms with Gasteiger partial charge in [-0.25, -0.2) is 0 Å². The lowest BCUT2D eigenvalue weighted by molar-refractivity contribution is 0.459. The van der Waals surface area contributed by atoms with E-state index in [0.29, 0.717) is 5.76 Å². The maximum atomic E-state index is 6.13. The van der Waals surface area contributed by atoms with E-state index in [0.717, 1.165) is 10.0 Å². The van der Waals surface area contributed by atoms with Gasteiger partial charge in [-0.2, -0.15) is 0 Å². The molecule has 17 heavy (non-hydrogen) atoms. The van der Waals surface area contributed by atoms with Gasteiger partial charge in [-0.15, -0.1) is 0 Å². The molecule has 1 rings (SSSR count). The van der Waals surface area contributed by atoms with Crippen LogP contribution in [0.3, 0.4) is 0 Å². The summed E-state index contributed by atoms with van der Waals surface area (Å²) >= 11 is 3.40. The zero-order valence-corrected chi connectivity index (χ0v) is 13.8. The summed E-state index contributed by atoms with van der Waals surface area (Å²) in [5, 5.41) is 0.176. The molecule has 0 spiro atoms. The normalized spacial score (nSPS) is 12.4. The summed E-state index contributed by atoms with van der Waals surface area (Å²) in [5.41, 5.74) is 0.934. The molecular weight excluding hydrogens is 294 g/mol. The van der Waals surface area contributed by atoms with E-state index in [-0.39, 0.29) is 5.04 Å². The standard InChI is InChI=1S/C13H20BrNOSi/c1-10(11-7-12(14)9-15-8-11)16-17(5,6)13(2,3)4/h7-9H,1H2,2-6H3. The molecule has 0 bridgehead atoms. The molecule has 1 aromatic rings. The Morgan fingerprint density at radius 3 is 2.41 bits per heavy atom. The molecule has 0 aliphatic heterocycles. The second-order valence-electron chi connectivity index (χ2n) is 5.68. The van der Waals surface area contributed by atoms with Crippen LogP contribution in [0.4, 0.5) is 0 Å². The topological polar surface area (TPSA) is 22.1 Å². The van der Waals surface area contributed by atoms with Gasteiger partial charge >= 0.3 is 0 Å². The molecule has 1 aromatic heterocycles. The van der Waals surface area contributed by atoms with E-state index in [1.165, 1.54) is 0 Å². The zero-order valence-electron chi connectivity index (χ0n) is 11.2. The minimum absolute atomic E-state index is 0.176. The minimum atomic E-state index is -1.81. The Kier molecular flexibility index (Phi) is 4.20. The van der Waals surface area contributed by atoms with E-state index in [1.807, 2.05) is 6.07 Å². The molecule has 0 saturated carbocycles. The van der Waals surface area contributed by atoms with Crippen molar-refractivity contribution in [3.05, 3.63) is 35.1 Å². The molecule has 2 nitrogen and oxygen atoms in total. The van der Waals surface area contributed by atoms with Crippen LogP contribution in [-0.2, 0) is 4.43 Å². The number of hydrogen-bond acceptors (Lipinski definition) is 2. The Balaban J connectivity index is 2.87. The fourth-order valence-corrected chi connectivity index (χ4v) is 2.49. The zero-order chi connectivity index (χ0) is 13.3. The molecule has 94 valence electrons. The van der Waals surface area contributed by atoms with E-state index in [1.54, 1.807) is 12.4 Å². The van der Waals surface area contributed by atoms with Crippen molar-refractivity contribution in [2.24, 2.45) is 0 Å². The van der Waals surface area contributed by atoms with Crippen molar-refractivity contribution in [2.45, 2.75) is 38.9 Å². The average Bonchev–Trinajstić information content (AvgIpc) is 2.15. The van der Waals surface area contributed by atoms with Gasteiger partial charge in [0, 0.05) is 22.4 Å². The maximum absolute atomic E-state index is 6.13. The molecule has 0 unspecified atom stereocenters. The molecule has 0 N–H and O–H groups in total. The van der Waals surface area contributed by atoms with Crippen molar-refractivity contribution in [1.29, 1.82) is 0 Å². The SMILES string of the molecule is C=C(O[Si](C)(C)C(C)(C)C)c1cncc(Br)c1. The van der Waals surface area contributed by atoms with E-state index in [9.17, 15) is 0 Å². The lowest BCUT2D eigenvalue weighted by atomic mass is 10.2. The smallest absolute Gasteiger partial charge is 0.250 e. The molecule has 4 heteroatoms. The van der Waals surface area contributed by atoms with Gasteiger partial charge in [0.05, 0.1) is 0 Å². The van der Waals surface area contributed by atoms with Gasteiger partial charge in [0.15, 0.2) is 0 Å². The second-order valence-corrected chi connectivity index (χ2v) is 11.3. The first-order chi connectivity index (χ1) is 7.63. The van der Waals surface area contributed by atoms with Gasteiger partial charge in [0.25, 0.3) is 0 Å². The van der Waals surface area contributed by atoms with Crippen LogP contribution >= 0.6 is 15.9 Å². The molecule has 0 saturated heterocycles. The third kappa shape index (κ3) is 3.68. The van der Waals surface area contributed by atoms with Crippen LogP contribution in [0, 0.1) is 0 Å². The monoisotopic (exact) mass is 313 g/mol. The van der Waals surface area contributed by atoms with Gasteiger partial charge < -0.3 is 4.43 Å². The number of nitrogens with zero attached hydrogens (tertiary/aromatic N) is 1. The van der Waals surface area contributed by atoms with Crippen LogP contribution in [-0.4, -0.2) is 13.3 Å². The molecule has 0 aliphatic rings. The van der Waals surface area contributed by atoms with Crippen LogP contribution < -0.4 is 0 Å². The van der Waals surface area contributed by atoms with Gasteiger partial charge in [-0.3, -0.25) is 4.98 Å². The van der Waals surface area contributed by atoms with E-state index < -0.39 is 8.32 Å². The van der Waals surface area contributed by atoms with Gasteiger partial charge in [0.2, 0.25) is 8.32 Å². The van der Waals surface area contributed by atoms with Crippen molar-refractivity contribution in [3.63, 3.8) is 0 Å². The summed E-state index contributed by atoms with van der Waals surface area (Å²) < 4.78 is 7.07. The van der Waals surface area contributed by atoms with E-state index >= 15 is 0 Å². The summed E-state index contributed by atoms with van der Waals surface area (Å²) in [7, 11) is -1.81.